The van der Waals surface area contributed by atoms with Gasteiger partial charge >= 0.3 is 0 Å². The van der Waals surface area contributed by atoms with E-state index in [4.69, 9.17) is 16.3 Å². The smallest absolute Gasteiger partial charge is 0.265 e. The highest BCUT2D eigenvalue weighted by Gasteiger charge is 2.33. The SMILES string of the molecule is CCn1c(SCC(=O)Nc2ccc(Cl)cc2)nnc1[C@@H](C)N1C(=O)COc2ccccc21. The quantitative estimate of drug-likeness (QED) is 0.520. The molecule has 2 heterocycles. The molecule has 0 bridgehead atoms. The molecule has 1 aliphatic rings. The topological polar surface area (TPSA) is 89.4 Å². The molecular weight excluding hydrogens is 450 g/mol. The van der Waals surface area contributed by atoms with Gasteiger partial charge in [0, 0.05) is 17.3 Å². The van der Waals surface area contributed by atoms with Crippen molar-refractivity contribution in [1.82, 2.24) is 14.8 Å². The fourth-order valence-electron chi connectivity index (χ4n) is 3.54. The first-order chi connectivity index (χ1) is 15.5. The van der Waals surface area contributed by atoms with Crippen LogP contribution in [0.4, 0.5) is 11.4 Å². The van der Waals surface area contributed by atoms with Gasteiger partial charge in [-0.1, -0.05) is 35.5 Å². The number of hydrogen-bond donors (Lipinski definition) is 1. The first-order valence-corrected chi connectivity index (χ1v) is 11.5. The number of thioether (sulfide) groups is 1. The van der Waals surface area contributed by atoms with E-state index >= 15 is 0 Å². The van der Waals surface area contributed by atoms with Gasteiger partial charge < -0.3 is 14.6 Å². The van der Waals surface area contributed by atoms with Crippen LogP contribution < -0.4 is 15.0 Å². The number of benzene rings is 2. The molecule has 0 unspecified atom stereocenters. The second-order valence-electron chi connectivity index (χ2n) is 7.12. The van der Waals surface area contributed by atoms with E-state index in [-0.39, 0.29) is 30.2 Å². The lowest BCUT2D eigenvalue weighted by Gasteiger charge is -2.33. The molecule has 4 rings (SSSR count). The van der Waals surface area contributed by atoms with Gasteiger partial charge in [0.25, 0.3) is 5.91 Å². The summed E-state index contributed by atoms with van der Waals surface area (Å²) in [6.45, 7) is 4.48. The van der Waals surface area contributed by atoms with Crippen molar-refractivity contribution >= 4 is 46.6 Å². The molecule has 2 amide bonds. The van der Waals surface area contributed by atoms with Gasteiger partial charge in [-0.2, -0.15) is 0 Å². The standard InChI is InChI=1S/C22H22ClN5O3S/c1-3-27-21(14(2)28-17-6-4-5-7-18(17)31-12-20(28)30)25-26-22(27)32-13-19(29)24-16-10-8-15(23)9-11-16/h4-11,14H,3,12-13H2,1-2H3,(H,24,29)/t14-/m1/s1. The summed E-state index contributed by atoms with van der Waals surface area (Å²) in [6, 6.07) is 14.0. The van der Waals surface area contributed by atoms with E-state index in [0.717, 1.165) is 0 Å². The molecule has 2 aromatic carbocycles. The molecule has 166 valence electrons. The summed E-state index contributed by atoms with van der Waals surface area (Å²) in [5, 5.41) is 12.7. The van der Waals surface area contributed by atoms with E-state index in [0.29, 0.717) is 39.7 Å². The third-order valence-corrected chi connectivity index (χ3v) is 6.25. The summed E-state index contributed by atoms with van der Waals surface area (Å²) >= 11 is 7.17. The molecule has 0 saturated heterocycles. The lowest BCUT2D eigenvalue weighted by atomic mass is 10.1. The lowest BCUT2D eigenvalue weighted by molar-refractivity contribution is -0.121. The maximum absolute atomic E-state index is 12.7. The Morgan fingerprint density at radius 3 is 2.72 bits per heavy atom. The van der Waals surface area contributed by atoms with Crippen LogP contribution in [0.1, 0.15) is 25.7 Å². The molecule has 1 aliphatic heterocycles. The number of nitrogens with zero attached hydrogens (tertiary/aromatic N) is 4. The highest BCUT2D eigenvalue weighted by atomic mass is 35.5. The fourth-order valence-corrected chi connectivity index (χ4v) is 4.47. The molecule has 0 aliphatic carbocycles. The number of amides is 2. The average molecular weight is 472 g/mol. The summed E-state index contributed by atoms with van der Waals surface area (Å²) in [5.74, 6) is 1.19. The number of halogens is 1. The summed E-state index contributed by atoms with van der Waals surface area (Å²) in [6.07, 6.45) is 0. The van der Waals surface area contributed by atoms with E-state index in [1.165, 1.54) is 11.8 Å². The Hall–Kier alpha value is -3.04. The number of nitrogens with one attached hydrogen (secondary N) is 1. The highest BCUT2D eigenvalue weighted by Crippen LogP contribution is 2.37. The van der Waals surface area contributed by atoms with Crippen molar-refractivity contribution in [3.05, 3.63) is 59.4 Å². The fraction of sp³-hybridized carbons (Fsp3) is 0.273. The number of rotatable bonds is 7. The number of hydrogen-bond acceptors (Lipinski definition) is 6. The zero-order chi connectivity index (χ0) is 22.7. The van der Waals surface area contributed by atoms with Gasteiger partial charge in [-0.3, -0.25) is 14.5 Å². The minimum absolute atomic E-state index is 0.0198. The number of aromatic nitrogens is 3. The van der Waals surface area contributed by atoms with Crippen LogP contribution in [0.15, 0.2) is 53.7 Å². The third kappa shape index (κ3) is 4.58. The molecule has 8 nitrogen and oxygen atoms in total. The van der Waals surface area contributed by atoms with Gasteiger partial charge in [-0.15, -0.1) is 10.2 Å². The van der Waals surface area contributed by atoms with E-state index in [1.807, 2.05) is 42.7 Å². The Kier molecular flexibility index (Phi) is 6.66. The van der Waals surface area contributed by atoms with Crippen molar-refractivity contribution in [3.63, 3.8) is 0 Å². The maximum atomic E-state index is 12.7. The van der Waals surface area contributed by atoms with Gasteiger partial charge in [-0.25, -0.2) is 0 Å². The summed E-state index contributed by atoms with van der Waals surface area (Å²) in [5.41, 5.74) is 1.38. The van der Waals surface area contributed by atoms with Crippen LogP contribution in [0.2, 0.25) is 5.02 Å². The first-order valence-electron chi connectivity index (χ1n) is 10.1. The van der Waals surface area contributed by atoms with Crippen molar-refractivity contribution in [2.45, 2.75) is 31.6 Å². The van der Waals surface area contributed by atoms with Crippen molar-refractivity contribution in [3.8, 4) is 5.75 Å². The zero-order valence-corrected chi connectivity index (χ0v) is 19.2. The van der Waals surface area contributed by atoms with Crippen molar-refractivity contribution in [1.29, 1.82) is 0 Å². The van der Waals surface area contributed by atoms with E-state index in [2.05, 4.69) is 15.5 Å². The van der Waals surface area contributed by atoms with E-state index < -0.39 is 0 Å². The van der Waals surface area contributed by atoms with Gasteiger partial charge in [0.1, 0.15) is 5.75 Å². The average Bonchev–Trinajstić information content (AvgIpc) is 3.22. The molecule has 10 heteroatoms. The molecule has 0 spiro atoms. The molecule has 0 fully saturated rings. The zero-order valence-electron chi connectivity index (χ0n) is 17.6. The Morgan fingerprint density at radius 1 is 1.22 bits per heavy atom. The Labute approximate surface area is 194 Å². The summed E-state index contributed by atoms with van der Waals surface area (Å²) in [4.78, 5) is 26.7. The largest absolute Gasteiger partial charge is 0.482 e. The predicted octanol–water partition coefficient (Wildman–Crippen LogP) is 4.17. The number of anilines is 2. The molecule has 0 saturated carbocycles. The van der Waals surface area contributed by atoms with Crippen molar-refractivity contribution in [2.75, 3.05) is 22.6 Å². The number of carbonyl (C=O) groups is 2. The van der Waals surface area contributed by atoms with Gasteiger partial charge in [0.15, 0.2) is 17.6 Å². The van der Waals surface area contributed by atoms with Crippen LogP contribution in [-0.2, 0) is 16.1 Å². The van der Waals surface area contributed by atoms with Crippen LogP contribution in [-0.4, -0.2) is 38.9 Å². The van der Waals surface area contributed by atoms with Crippen molar-refractivity contribution < 1.29 is 14.3 Å². The van der Waals surface area contributed by atoms with E-state index in [9.17, 15) is 9.59 Å². The number of fused-ring (bicyclic) bond motifs is 1. The lowest BCUT2D eigenvalue weighted by Crippen LogP contribution is -2.41. The second kappa shape index (κ2) is 9.62. The Morgan fingerprint density at radius 2 is 1.97 bits per heavy atom. The van der Waals surface area contributed by atoms with Crippen molar-refractivity contribution in [2.24, 2.45) is 0 Å². The maximum Gasteiger partial charge on any atom is 0.265 e. The number of ether oxygens (including phenoxy) is 1. The van der Waals surface area contributed by atoms with Gasteiger partial charge in [-0.05, 0) is 50.2 Å². The van der Waals surface area contributed by atoms with Gasteiger partial charge in [0.05, 0.1) is 17.5 Å². The van der Waals surface area contributed by atoms with Crippen LogP contribution in [0.25, 0.3) is 0 Å². The molecule has 1 atom stereocenters. The second-order valence-corrected chi connectivity index (χ2v) is 8.50. The normalized spacial score (nSPS) is 14.0. The highest BCUT2D eigenvalue weighted by molar-refractivity contribution is 7.99. The molecule has 32 heavy (non-hydrogen) atoms. The molecule has 1 aromatic heterocycles. The number of para-hydroxylation sites is 2. The minimum Gasteiger partial charge on any atom is -0.482 e. The number of carbonyl (C=O) groups excluding carboxylic acids is 2. The third-order valence-electron chi connectivity index (χ3n) is 5.03. The predicted molar refractivity (Wildman–Crippen MR) is 124 cm³/mol. The first kappa shape index (κ1) is 22.2. The van der Waals surface area contributed by atoms with E-state index in [1.54, 1.807) is 29.2 Å². The Balaban J connectivity index is 1.49. The Bertz CT molecular complexity index is 1130. The summed E-state index contributed by atoms with van der Waals surface area (Å²) in [7, 11) is 0. The summed E-state index contributed by atoms with van der Waals surface area (Å²) < 4.78 is 7.47. The molecule has 1 N–H and O–H groups in total. The molecule has 0 radical (unpaired) electrons. The van der Waals surface area contributed by atoms with Gasteiger partial charge in [0.2, 0.25) is 5.91 Å². The minimum atomic E-state index is -0.350. The van der Waals surface area contributed by atoms with Crippen LogP contribution in [0.3, 0.4) is 0 Å². The molecular formula is C22H22ClN5O3S. The van der Waals surface area contributed by atoms with Crippen LogP contribution >= 0.6 is 23.4 Å². The van der Waals surface area contributed by atoms with Crippen LogP contribution in [0, 0.1) is 0 Å². The van der Waals surface area contributed by atoms with Crippen LogP contribution in [0.5, 0.6) is 5.75 Å². The monoisotopic (exact) mass is 471 g/mol. The molecule has 3 aromatic rings.